The summed E-state index contributed by atoms with van der Waals surface area (Å²) in [6, 6.07) is 8.03. The molecule has 6 heteroatoms. The Hall–Kier alpha value is -2.99. The number of fused-ring (bicyclic) bond motifs is 1. The summed E-state index contributed by atoms with van der Waals surface area (Å²) in [5.74, 6) is 0.831. The highest BCUT2D eigenvalue weighted by atomic mass is 16.2. The molecule has 0 atom stereocenters. The van der Waals surface area contributed by atoms with Crippen LogP contribution in [-0.4, -0.2) is 40.4 Å². The third-order valence-corrected chi connectivity index (χ3v) is 4.27. The first-order valence-corrected chi connectivity index (χ1v) is 8.78. The average Bonchev–Trinajstić information content (AvgIpc) is 3.04. The highest BCUT2D eigenvalue weighted by molar-refractivity contribution is 6.08. The zero-order valence-electron chi connectivity index (χ0n) is 16.1. The van der Waals surface area contributed by atoms with Gasteiger partial charge in [0.05, 0.1) is 12.1 Å². The number of benzene rings is 1. The molecule has 0 amide bonds. The van der Waals surface area contributed by atoms with Gasteiger partial charge in [-0.2, -0.15) is 0 Å². The van der Waals surface area contributed by atoms with Crippen LogP contribution in [0.25, 0.3) is 22.0 Å². The van der Waals surface area contributed by atoms with Crippen LogP contribution < -0.4 is 5.32 Å². The maximum atomic E-state index is 12.0. The van der Waals surface area contributed by atoms with Crippen LogP contribution in [0.4, 0.5) is 5.82 Å². The maximum absolute atomic E-state index is 12.0. The van der Waals surface area contributed by atoms with E-state index in [2.05, 4.69) is 16.4 Å². The Labute approximate surface area is 158 Å². The molecular weight excluding hydrogens is 342 g/mol. The molecule has 142 valence electrons. The van der Waals surface area contributed by atoms with E-state index in [1.54, 1.807) is 13.1 Å². The van der Waals surface area contributed by atoms with E-state index in [1.165, 1.54) is 0 Å². The van der Waals surface area contributed by atoms with Crippen molar-refractivity contribution >= 4 is 28.8 Å². The molecule has 0 aliphatic rings. The fourth-order valence-electron chi connectivity index (χ4n) is 3.18. The van der Waals surface area contributed by atoms with Gasteiger partial charge in [-0.15, -0.1) is 0 Å². The van der Waals surface area contributed by atoms with Gasteiger partial charge in [0.25, 0.3) is 0 Å². The Bertz CT molecular complexity index is 943. The zero-order valence-corrected chi connectivity index (χ0v) is 16.1. The van der Waals surface area contributed by atoms with Gasteiger partial charge >= 0.3 is 0 Å². The summed E-state index contributed by atoms with van der Waals surface area (Å²) >= 11 is 0. The van der Waals surface area contributed by atoms with Crippen LogP contribution >= 0.6 is 0 Å². The van der Waals surface area contributed by atoms with Crippen LogP contribution in [0.2, 0.25) is 0 Å². The summed E-state index contributed by atoms with van der Waals surface area (Å²) < 4.78 is 1.84. The SMILES string of the molecule is CCNc1ccc(-c2cc(C)c3c(c2)c(C(C)=O)cn3CC=O)cn1.CO. The Morgan fingerprint density at radius 2 is 2.00 bits per heavy atom. The van der Waals surface area contributed by atoms with Crippen LogP contribution in [0.1, 0.15) is 29.8 Å². The van der Waals surface area contributed by atoms with Gasteiger partial charge in [0.15, 0.2) is 5.78 Å². The van der Waals surface area contributed by atoms with Crippen molar-refractivity contribution in [1.29, 1.82) is 0 Å². The molecule has 0 radical (unpaired) electrons. The van der Waals surface area contributed by atoms with E-state index < -0.39 is 0 Å². The van der Waals surface area contributed by atoms with E-state index >= 15 is 0 Å². The Morgan fingerprint density at radius 1 is 1.26 bits per heavy atom. The molecule has 0 bridgehead atoms. The van der Waals surface area contributed by atoms with E-state index in [0.717, 1.165) is 53.4 Å². The quantitative estimate of drug-likeness (QED) is 0.515. The molecule has 0 unspecified atom stereocenters. The molecule has 3 rings (SSSR count). The second-order valence-electron chi connectivity index (χ2n) is 6.07. The molecule has 0 saturated carbocycles. The van der Waals surface area contributed by atoms with Gasteiger partial charge in [-0.1, -0.05) is 0 Å². The van der Waals surface area contributed by atoms with Crippen molar-refractivity contribution in [2.45, 2.75) is 27.3 Å². The van der Waals surface area contributed by atoms with Gasteiger partial charge < -0.3 is 19.8 Å². The lowest BCUT2D eigenvalue weighted by atomic mass is 9.99. The van der Waals surface area contributed by atoms with Crippen molar-refractivity contribution in [1.82, 2.24) is 9.55 Å². The summed E-state index contributed by atoms with van der Waals surface area (Å²) in [6.07, 6.45) is 4.44. The molecular formula is C21H25N3O3. The molecule has 1 aromatic carbocycles. The first-order valence-electron chi connectivity index (χ1n) is 8.78. The first-order chi connectivity index (χ1) is 13.0. The van der Waals surface area contributed by atoms with Gasteiger partial charge in [-0.05, 0) is 56.2 Å². The van der Waals surface area contributed by atoms with Crippen molar-refractivity contribution in [3.05, 3.63) is 47.8 Å². The predicted molar refractivity (Wildman–Crippen MR) is 108 cm³/mol. The summed E-state index contributed by atoms with van der Waals surface area (Å²) in [6.45, 7) is 6.64. The van der Waals surface area contributed by atoms with Crippen LogP contribution in [0, 0.1) is 6.92 Å². The lowest BCUT2D eigenvalue weighted by Crippen LogP contribution is -1.99. The fraction of sp³-hybridized carbons (Fsp3) is 0.286. The predicted octanol–water partition coefficient (Wildman–Crippen LogP) is 3.45. The van der Waals surface area contributed by atoms with Crippen molar-refractivity contribution in [3.63, 3.8) is 0 Å². The number of nitrogens with zero attached hydrogens (tertiary/aromatic N) is 2. The fourth-order valence-corrected chi connectivity index (χ4v) is 3.18. The van der Waals surface area contributed by atoms with Gasteiger partial charge in [0, 0.05) is 42.6 Å². The maximum Gasteiger partial charge on any atom is 0.161 e. The lowest BCUT2D eigenvalue weighted by molar-refractivity contribution is -0.108. The number of ketones is 1. The largest absolute Gasteiger partial charge is 0.400 e. The summed E-state index contributed by atoms with van der Waals surface area (Å²) in [7, 11) is 1.00. The molecule has 27 heavy (non-hydrogen) atoms. The standard InChI is InChI=1S/C20H21N3O2.CH4O/c1-4-21-19-6-5-15(11-22-19)16-9-13(2)20-17(10-16)18(14(3)25)12-23(20)7-8-24;1-2/h5-6,8-12H,4,7H2,1-3H3,(H,21,22);2H,1H3. The molecule has 6 nitrogen and oxygen atoms in total. The van der Waals surface area contributed by atoms with E-state index in [1.807, 2.05) is 42.8 Å². The smallest absolute Gasteiger partial charge is 0.161 e. The number of nitrogens with one attached hydrogen (secondary N) is 1. The van der Waals surface area contributed by atoms with E-state index in [4.69, 9.17) is 5.11 Å². The summed E-state index contributed by atoms with van der Waals surface area (Å²) in [5, 5.41) is 11.1. The molecule has 2 aromatic heterocycles. The Morgan fingerprint density at radius 3 is 2.56 bits per heavy atom. The normalized spacial score (nSPS) is 10.3. The highest BCUT2D eigenvalue weighted by Gasteiger charge is 2.15. The summed E-state index contributed by atoms with van der Waals surface area (Å²) in [5.41, 5.74) is 4.59. The minimum absolute atomic E-state index is 0.00758. The number of rotatable bonds is 6. The van der Waals surface area contributed by atoms with Crippen molar-refractivity contribution in [3.8, 4) is 11.1 Å². The van der Waals surface area contributed by atoms with E-state index in [9.17, 15) is 9.59 Å². The number of anilines is 1. The number of aryl methyl sites for hydroxylation is 1. The van der Waals surface area contributed by atoms with Crippen LogP contribution in [0.3, 0.4) is 0 Å². The number of aliphatic hydroxyl groups is 1. The van der Waals surface area contributed by atoms with Crippen LogP contribution in [0.5, 0.6) is 0 Å². The number of aldehydes is 1. The number of carbonyl (C=O) groups excluding carboxylic acids is 2. The number of aromatic nitrogens is 2. The minimum Gasteiger partial charge on any atom is -0.400 e. The van der Waals surface area contributed by atoms with Gasteiger partial charge in [-0.25, -0.2) is 4.98 Å². The molecule has 3 aromatic rings. The van der Waals surface area contributed by atoms with Crippen molar-refractivity contribution in [2.75, 3.05) is 19.0 Å². The molecule has 0 fully saturated rings. The number of hydrogen-bond acceptors (Lipinski definition) is 5. The molecule has 0 saturated heterocycles. The van der Waals surface area contributed by atoms with Crippen molar-refractivity contribution in [2.24, 2.45) is 0 Å². The number of carbonyl (C=O) groups is 2. The number of hydrogen-bond donors (Lipinski definition) is 2. The van der Waals surface area contributed by atoms with Crippen LogP contribution in [0.15, 0.2) is 36.7 Å². The van der Waals surface area contributed by atoms with Gasteiger partial charge in [0.2, 0.25) is 0 Å². The third-order valence-electron chi connectivity index (χ3n) is 4.27. The molecule has 2 N–H and O–H groups in total. The number of aliphatic hydroxyl groups excluding tert-OH is 1. The summed E-state index contributed by atoms with van der Waals surface area (Å²) in [4.78, 5) is 27.4. The second-order valence-corrected chi connectivity index (χ2v) is 6.07. The minimum atomic E-state index is -0.00758. The molecule has 0 aliphatic carbocycles. The Kier molecular flexibility index (Phi) is 6.85. The average molecular weight is 367 g/mol. The lowest BCUT2D eigenvalue weighted by Gasteiger charge is -2.09. The van der Waals surface area contributed by atoms with E-state index in [0.29, 0.717) is 5.56 Å². The molecule has 0 spiro atoms. The Balaban J connectivity index is 0.00000126. The number of Topliss-reactive ketones (excluding diaryl/α,β-unsaturated/α-hetero) is 1. The molecule has 0 aliphatic heterocycles. The van der Waals surface area contributed by atoms with Crippen LogP contribution in [-0.2, 0) is 11.3 Å². The molecule has 2 heterocycles. The zero-order chi connectivity index (χ0) is 20.0. The van der Waals surface area contributed by atoms with Gasteiger partial charge in [-0.3, -0.25) is 4.79 Å². The third kappa shape index (κ3) is 4.23. The second kappa shape index (κ2) is 9.09. The van der Waals surface area contributed by atoms with Gasteiger partial charge in [0.1, 0.15) is 12.1 Å². The first kappa shape index (κ1) is 20.3. The number of pyridine rings is 1. The monoisotopic (exact) mass is 367 g/mol. The van der Waals surface area contributed by atoms with E-state index in [-0.39, 0.29) is 12.3 Å². The highest BCUT2D eigenvalue weighted by Crippen LogP contribution is 2.31. The topological polar surface area (TPSA) is 84.2 Å². The van der Waals surface area contributed by atoms with Crippen molar-refractivity contribution < 1.29 is 14.7 Å².